The van der Waals surface area contributed by atoms with E-state index in [9.17, 15) is 9.59 Å². The number of alkyl halides is 1. The Morgan fingerprint density at radius 2 is 2.25 bits per heavy atom. The molecule has 0 heterocycles. The van der Waals surface area contributed by atoms with E-state index in [0.29, 0.717) is 12.8 Å². The summed E-state index contributed by atoms with van der Waals surface area (Å²) < 4.78 is 0. The van der Waals surface area contributed by atoms with Gasteiger partial charge in [-0.1, -0.05) is 15.9 Å². The van der Waals surface area contributed by atoms with E-state index < -0.39 is 11.9 Å². The first-order chi connectivity index (χ1) is 5.61. The van der Waals surface area contributed by atoms with Crippen LogP contribution in [-0.4, -0.2) is 21.7 Å². The van der Waals surface area contributed by atoms with Crippen molar-refractivity contribution in [3.8, 4) is 0 Å². The number of carboxylic acid groups (broad SMARTS) is 1. The first kappa shape index (κ1) is 8.23. The summed E-state index contributed by atoms with van der Waals surface area (Å²) in [6.07, 6.45) is 1.16. The van der Waals surface area contributed by atoms with Crippen molar-refractivity contribution in [2.75, 3.05) is 0 Å². The lowest BCUT2D eigenvalue weighted by atomic mass is 9.98. The fourth-order valence-corrected chi connectivity index (χ4v) is 3.33. The lowest BCUT2D eigenvalue weighted by molar-refractivity contribution is -0.144. The number of ketones is 1. The van der Waals surface area contributed by atoms with Gasteiger partial charge < -0.3 is 5.11 Å². The van der Waals surface area contributed by atoms with E-state index >= 15 is 0 Å². The molecule has 0 radical (unpaired) electrons. The largest absolute Gasteiger partial charge is 0.481 e. The molecule has 66 valence electrons. The van der Waals surface area contributed by atoms with E-state index in [-0.39, 0.29) is 22.4 Å². The number of aliphatic carboxylic acids is 1. The molecule has 2 aliphatic carbocycles. The number of hydrogen-bond acceptors (Lipinski definition) is 2. The van der Waals surface area contributed by atoms with Gasteiger partial charge in [0.25, 0.3) is 0 Å². The minimum atomic E-state index is -0.808. The average Bonchev–Trinajstić information content (AvgIpc) is 2.41. The van der Waals surface area contributed by atoms with Gasteiger partial charge in [-0.3, -0.25) is 9.59 Å². The fraction of sp³-hybridized carbons (Fsp3) is 0.750. The van der Waals surface area contributed by atoms with Gasteiger partial charge in [0.05, 0.1) is 5.92 Å². The van der Waals surface area contributed by atoms with Crippen molar-refractivity contribution in [2.24, 2.45) is 17.8 Å². The predicted molar refractivity (Wildman–Crippen MR) is 45.1 cm³/mol. The van der Waals surface area contributed by atoms with Crippen molar-refractivity contribution < 1.29 is 14.7 Å². The molecule has 12 heavy (non-hydrogen) atoms. The van der Waals surface area contributed by atoms with Crippen molar-refractivity contribution in [2.45, 2.75) is 17.7 Å². The highest BCUT2D eigenvalue weighted by Crippen LogP contribution is 2.50. The van der Waals surface area contributed by atoms with Crippen LogP contribution < -0.4 is 0 Å². The zero-order valence-corrected chi connectivity index (χ0v) is 7.95. The van der Waals surface area contributed by atoms with Gasteiger partial charge in [0, 0.05) is 17.2 Å². The van der Waals surface area contributed by atoms with Crippen molar-refractivity contribution in [3.05, 3.63) is 0 Å². The molecule has 0 aromatic rings. The summed E-state index contributed by atoms with van der Waals surface area (Å²) >= 11 is 3.42. The SMILES string of the molecule is O=C(O)[C@H]1[C@@H]2CC(=O)[C@@H]1C[C@H]2Br. The second-order valence-corrected chi connectivity index (χ2v) is 4.73. The summed E-state index contributed by atoms with van der Waals surface area (Å²) in [5.74, 6) is -1.25. The Morgan fingerprint density at radius 3 is 2.58 bits per heavy atom. The molecule has 0 saturated heterocycles. The number of halogens is 1. The number of Topliss-reactive ketones (excluding diaryl/α,β-unsaturated/α-hetero) is 1. The van der Waals surface area contributed by atoms with E-state index in [1.165, 1.54) is 0 Å². The van der Waals surface area contributed by atoms with Gasteiger partial charge >= 0.3 is 5.97 Å². The maximum atomic E-state index is 11.2. The van der Waals surface area contributed by atoms with E-state index in [1.54, 1.807) is 0 Å². The number of carbonyl (C=O) groups excluding carboxylic acids is 1. The first-order valence-corrected chi connectivity index (χ1v) is 4.92. The topological polar surface area (TPSA) is 54.4 Å². The monoisotopic (exact) mass is 232 g/mol. The first-order valence-electron chi connectivity index (χ1n) is 4.01. The van der Waals surface area contributed by atoms with Gasteiger partial charge in [0.15, 0.2) is 0 Å². The van der Waals surface area contributed by atoms with Crippen LogP contribution in [-0.2, 0) is 9.59 Å². The van der Waals surface area contributed by atoms with Gasteiger partial charge in [0.1, 0.15) is 5.78 Å². The molecule has 2 aliphatic rings. The summed E-state index contributed by atoms with van der Waals surface area (Å²) in [4.78, 5) is 22.2. The number of carbonyl (C=O) groups is 2. The van der Waals surface area contributed by atoms with E-state index in [4.69, 9.17) is 5.11 Å². The summed E-state index contributed by atoms with van der Waals surface area (Å²) in [6, 6.07) is 0. The molecule has 3 nitrogen and oxygen atoms in total. The summed E-state index contributed by atoms with van der Waals surface area (Å²) in [5, 5.41) is 8.86. The zero-order chi connectivity index (χ0) is 8.88. The van der Waals surface area contributed by atoms with Gasteiger partial charge in [-0.05, 0) is 12.3 Å². The minimum Gasteiger partial charge on any atom is -0.481 e. The molecule has 0 amide bonds. The number of carboxylic acids is 1. The van der Waals surface area contributed by atoms with Crippen LogP contribution in [0.25, 0.3) is 0 Å². The molecule has 2 fully saturated rings. The van der Waals surface area contributed by atoms with Crippen LogP contribution >= 0.6 is 15.9 Å². The third-order valence-electron chi connectivity index (χ3n) is 2.97. The molecule has 1 N–H and O–H groups in total. The molecule has 0 aromatic heterocycles. The highest BCUT2D eigenvalue weighted by molar-refractivity contribution is 9.09. The normalized spacial score (nSPS) is 45.2. The maximum Gasteiger partial charge on any atom is 0.307 e. The Hall–Kier alpha value is -0.380. The number of fused-ring (bicyclic) bond motifs is 2. The highest BCUT2D eigenvalue weighted by atomic mass is 79.9. The van der Waals surface area contributed by atoms with Crippen molar-refractivity contribution >= 4 is 27.7 Å². The predicted octanol–water partition coefficient (Wildman–Crippen LogP) is 1.06. The van der Waals surface area contributed by atoms with Crippen LogP contribution in [0.3, 0.4) is 0 Å². The molecular weight excluding hydrogens is 224 g/mol. The fourth-order valence-electron chi connectivity index (χ4n) is 2.41. The standard InChI is InChI=1S/C8H9BrO3/c9-5-1-4-6(10)2-3(5)7(4)8(11)12/h3-5,7H,1-2H2,(H,11,12)/t3-,4+,5-,7+/m1/s1. The van der Waals surface area contributed by atoms with Crippen molar-refractivity contribution in [3.63, 3.8) is 0 Å². The zero-order valence-electron chi connectivity index (χ0n) is 6.37. The molecular formula is C8H9BrO3. The molecule has 0 unspecified atom stereocenters. The number of hydrogen-bond donors (Lipinski definition) is 1. The van der Waals surface area contributed by atoms with Crippen LogP contribution in [0.2, 0.25) is 0 Å². The Bertz CT molecular complexity index is 251. The second kappa shape index (κ2) is 2.55. The van der Waals surface area contributed by atoms with Crippen molar-refractivity contribution in [1.82, 2.24) is 0 Å². The van der Waals surface area contributed by atoms with Gasteiger partial charge in [0.2, 0.25) is 0 Å². The lowest BCUT2D eigenvalue weighted by Gasteiger charge is -2.13. The van der Waals surface area contributed by atoms with Gasteiger partial charge in [-0.2, -0.15) is 0 Å². The Kier molecular flexibility index (Phi) is 1.75. The number of rotatable bonds is 1. The molecule has 2 bridgehead atoms. The van der Waals surface area contributed by atoms with Crippen LogP contribution in [0.1, 0.15) is 12.8 Å². The molecule has 0 aromatic carbocycles. The Morgan fingerprint density at radius 1 is 1.58 bits per heavy atom. The quantitative estimate of drug-likeness (QED) is 0.689. The highest BCUT2D eigenvalue weighted by Gasteiger charge is 2.55. The van der Waals surface area contributed by atoms with Crippen LogP contribution in [0.5, 0.6) is 0 Å². The Balaban J connectivity index is 2.28. The molecule has 0 aliphatic heterocycles. The average molecular weight is 233 g/mol. The molecule has 2 saturated carbocycles. The van der Waals surface area contributed by atoms with Gasteiger partial charge in [-0.15, -0.1) is 0 Å². The van der Waals surface area contributed by atoms with Gasteiger partial charge in [-0.25, -0.2) is 0 Å². The van der Waals surface area contributed by atoms with Crippen LogP contribution in [0, 0.1) is 17.8 Å². The summed E-state index contributed by atoms with van der Waals surface area (Å²) in [5.41, 5.74) is 0. The van der Waals surface area contributed by atoms with E-state index in [2.05, 4.69) is 15.9 Å². The minimum absolute atomic E-state index is 0.0417. The summed E-state index contributed by atoms with van der Waals surface area (Å²) in [7, 11) is 0. The van der Waals surface area contributed by atoms with Crippen molar-refractivity contribution in [1.29, 1.82) is 0 Å². The van der Waals surface area contributed by atoms with Crippen LogP contribution in [0.4, 0.5) is 0 Å². The van der Waals surface area contributed by atoms with E-state index in [1.807, 2.05) is 0 Å². The lowest BCUT2D eigenvalue weighted by Crippen LogP contribution is -2.20. The second-order valence-electron chi connectivity index (χ2n) is 3.56. The molecule has 4 atom stereocenters. The third kappa shape index (κ3) is 0.937. The maximum absolute atomic E-state index is 11.2. The molecule has 0 spiro atoms. The molecule has 2 rings (SSSR count). The smallest absolute Gasteiger partial charge is 0.307 e. The molecule has 4 heteroatoms. The summed E-state index contributed by atoms with van der Waals surface area (Å²) in [6.45, 7) is 0. The van der Waals surface area contributed by atoms with Crippen LogP contribution in [0.15, 0.2) is 0 Å². The van der Waals surface area contributed by atoms with E-state index in [0.717, 1.165) is 0 Å². The third-order valence-corrected chi connectivity index (χ3v) is 4.03. The Labute approximate surface area is 78.3 Å².